The third-order valence-corrected chi connectivity index (χ3v) is 3.68. The summed E-state index contributed by atoms with van der Waals surface area (Å²) < 4.78 is 0.921. The van der Waals surface area contributed by atoms with Crippen molar-refractivity contribution in [2.75, 3.05) is 6.54 Å². The maximum atomic E-state index is 4.41. The van der Waals surface area contributed by atoms with E-state index in [0.29, 0.717) is 0 Å². The molecule has 3 heteroatoms. The van der Waals surface area contributed by atoms with Gasteiger partial charge in [0.05, 0.1) is 5.69 Å². The molecule has 1 aromatic heterocycles. The first kappa shape index (κ1) is 12.1. The van der Waals surface area contributed by atoms with Gasteiger partial charge >= 0.3 is 0 Å². The predicted molar refractivity (Wildman–Crippen MR) is 70.2 cm³/mol. The van der Waals surface area contributed by atoms with Crippen molar-refractivity contribution in [1.82, 2.24) is 10.3 Å². The summed E-state index contributed by atoms with van der Waals surface area (Å²) in [6.45, 7) is 2.03. The van der Waals surface area contributed by atoms with E-state index in [0.717, 1.165) is 29.3 Å². The van der Waals surface area contributed by atoms with E-state index in [1.165, 1.54) is 32.1 Å². The molecule has 0 saturated heterocycles. The second-order valence-electron chi connectivity index (χ2n) is 4.59. The number of aromatic nitrogens is 1. The summed E-state index contributed by atoms with van der Waals surface area (Å²) in [5.74, 6) is 0.890. The molecule has 0 aliphatic heterocycles. The van der Waals surface area contributed by atoms with Gasteiger partial charge in [-0.3, -0.25) is 0 Å². The Bertz CT molecular complexity index is 321. The Labute approximate surface area is 106 Å². The number of pyridine rings is 1. The fourth-order valence-electron chi connectivity index (χ4n) is 2.34. The molecule has 1 aliphatic carbocycles. The van der Waals surface area contributed by atoms with Crippen molar-refractivity contribution in [2.45, 2.75) is 38.6 Å². The molecule has 88 valence electrons. The predicted octanol–water partition coefficient (Wildman–Crippen LogP) is 3.51. The highest BCUT2D eigenvalue weighted by atomic mass is 79.9. The van der Waals surface area contributed by atoms with E-state index >= 15 is 0 Å². The van der Waals surface area contributed by atoms with Crippen LogP contribution in [0.1, 0.15) is 37.8 Å². The molecular weight excluding hydrogens is 264 g/mol. The standard InChI is InChI=1S/C13H19BrN2/c14-13-8-4-7-12(16-13)10-15-9-11-5-2-1-3-6-11/h4,7-8,11,15H,1-3,5-6,9-10H2. The van der Waals surface area contributed by atoms with Gasteiger partial charge in [0.25, 0.3) is 0 Å². The quantitative estimate of drug-likeness (QED) is 0.855. The Kier molecular flexibility index (Phi) is 4.79. The number of nitrogens with one attached hydrogen (secondary N) is 1. The summed E-state index contributed by atoms with van der Waals surface area (Å²) in [5.41, 5.74) is 1.12. The average molecular weight is 283 g/mol. The molecule has 0 aromatic carbocycles. The van der Waals surface area contributed by atoms with Gasteiger partial charge in [-0.1, -0.05) is 25.3 Å². The molecule has 2 rings (SSSR count). The van der Waals surface area contributed by atoms with Gasteiger partial charge in [-0.25, -0.2) is 4.98 Å². The number of hydrogen-bond donors (Lipinski definition) is 1. The highest BCUT2D eigenvalue weighted by Gasteiger charge is 2.12. The Hall–Kier alpha value is -0.410. The topological polar surface area (TPSA) is 24.9 Å². The molecule has 16 heavy (non-hydrogen) atoms. The van der Waals surface area contributed by atoms with E-state index < -0.39 is 0 Å². The van der Waals surface area contributed by atoms with Crippen molar-refractivity contribution in [3.8, 4) is 0 Å². The molecule has 2 nitrogen and oxygen atoms in total. The first-order valence-corrected chi connectivity index (χ1v) is 6.96. The summed E-state index contributed by atoms with van der Waals surface area (Å²) >= 11 is 3.39. The van der Waals surface area contributed by atoms with Crippen LogP contribution in [-0.2, 0) is 6.54 Å². The van der Waals surface area contributed by atoms with Crippen LogP contribution in [0.4, 0.5) is 0 Å². The van der Waals surface area contributed by atoms with Crippen LogP contribution in [0.15, 0.2) is 22.8 Å². The van der Waals surface area contributed by atoms with E-state index in [1.807, 2.05) is 12.1 Å². The molecule has 0 atom stereocenters. The molecule has 0 bridgehead atoms. The van der Waals surface area contributed by atoms with Crippen LogP contribution < -0.4 is 5.32 Å². The maximum Gasteiger partial charge on any atom is 0.106 e. The highest BCUT2D eigenvalue weighted by Crippen LogP contribution is 2.22. The van der Waals surface area contributed by atoms with Crippen molar-refractivity contribution < 1.29 is 0 Å². The molecule has 1 heterocycles. The van der Waals surface area contributed by atoms with Gasteiger partial charge in [0, 0.05) is 6.54 Å². The van der Waals surface area contributed by atoms with Crippen LogP contribution in [0.5, 0.6) is 0 Å². The largest absolute Gasteiger partial charge is 0.311 e. The SMILES string of the molecule is Brc1cccc(CNCC2CCCCC2)n1. The lowest BCUT2D eigenvalue weighted by molar-refractivity contribution is 0.341. The van der Waals surface area contributed by atoms with Gasteiger partial charge in [0.2, 0.25) is 0 Å². The molecule has 1 fully saturated rings. The summed E-state index contributed by atoms with van der Waals surface area (Å²) in [7, 11) is 0. The first-order valence-electron chi connectivity index (χ1n) is 6.17. The molecule has 0 spiro atoms. The monoisotopic (exact) mass is 282 g/mol. The number of hydrogen-bond acceptors (Lipinski definition) is 2. The lowest BCUT2D eigenvalue weighted by Crippen LogP contribution is -2.24. The normalized spacial score (nSPS) is 17.6. The van der Waals surface area contributed by atoms with Crippen molar-refractivity contribution in [1.29, 1.82) is 0 Å². The minimum atomic E-state index is 0.885. The number of halogens is 1. The summed E-state index contributed by atoms with van der Waals surface area (Å²) in [4.78, 5) is 4.41. The van der Waals surface area contributed by atoms with Crippen LogP contribution >= 0.6 is 15.9 Å². The van der Waals surface area contributed by atoms with E-state index in [1.54, 1.807) is 0 Å². The van der Waals surface area contributed by atoms with E-state index in [-0.39, 0.29) is 0 Å². The fraction of sp³-hybridized carbons (Fsp3) is 0.615. The van der Waals surface area contributed by atoms with Crippen LogP contribution in [-0.4, -0.2) is 11.5 Å². The molecule has 1 saturated carbocycles. The second-order valence-corrected chi connectivity index (χ2v) is 5.40. The average Bonchev–Trinajstić information content (AvgIpc) is 2.30. The minimum absolute atomic E-state index is 0.885. The molecule has 0 amide bonds. The Morgan fingerprint density at radius 3 is 2.81 bits per heavy atom. The van der Waals surface area contributed by atoms with Gasteiger partial charge in [-0.15, -0.1) is 0 Å². The zero-order chi connectivity index (χ0) is 11.2. The molecular formula is C13H19BrN2. The zero-order valence-electron chi connectivity index (χ0n) is 9.58. The van der Waals surface area contributed by atoms with Crippen molar-refractivity contribution in [2.24, 2.45) is 5.92 Å². The maximum absolute atomic E-state index is 4.41. The summed E-state index contributed by atoms with van der Waals surface area (Å²) in [6.07, 6.45) is 7.07. The van der Waals surface area contributed by atoms with Crippen molar-refractivity contribution >= 4 is 15.9 Å². The van der Waals surface area contributed by atoms with Gasteiger partial charge in [0.1, 0.15) is 4.60 Å². The van der Waals surface area contributed by atoms with Gasteiger partial charge in [-0.05, 0) is 53.4 Å². The third kappa shape index (κ3) is 3.87. The van der Waals surface area contributed by atoms with E-state index in [9.17, 15) is 0 Å². The van der Waals surface area contributed by atoms with Crippen molar-refractivity contribution in [3.63, 3.8) is 0 Å². The third-order valence-electron chi connectivity index (χ3n) is 3.24. The Morgan fingerprint density at radius 1 is 1.25 bits per heavy atom. The lowest BCUT2D eigenvalue weighted by atomic mass is 9.89. The van der Waals surface area contributed by atoms with Crippen LogP contribution in [0.25, 0.3) is 0 Å². The van der Waals surface area contributed by atoms with Gasteiger partial charge in [0.15, 0.2) is 0 Å². The van der Waals surface area contributed by atoms with Gasteiger partial charge in [-0.2, -0.15) is 0 Å². The second kappa shape index (κ2) is 6.36. The molecule has 1 N–H and O–H groups in total. The number of rotatable bonds is 4. The first-order chi connectivity index (χ1) is 7.84. The minimum Gasteiger partial charge on any atom is -0.311 e. The van der Waals surface area contributed by atoms with E-state index in [4.69, 9.17) is 0 Å². The zero-order valence-corrected chi connectivity index (χ0v) is 11.2. The molecule has 0 unspecified atom stereocenters. The number of nitrogens with zero attached hydrogens (tertiary/aromatic N) is 1. The summed E-state index contributed by atoms with van der Waals surface area (Å²) in [5, 5.41) is 3.52. The Balaban J connectivity index is 1.71. The molecule has 0 radical (unpaired) electrons. The molecule has 1 aromatic rings. The summed E-state index contributed by atoms with van der Waals surface area (Å²) in [6, 6.07) is 6.07. The lowest BCUT2D eigenvalue weighted by Gasteiger charge is -2.21. The van der Waals surface area contributed by atoms with Crippen LogP contribution in [0.2, 0.25) is 0 Å². The molecule has 1 aliphatic rings. The highest BCUT2D eigenvalue weighted by molar-refractivity contribution is 9.10. The van der Waals surface area contributed by atoms with Crippen LogP contribution in [0.3, 0.4) is 0 Å². The van der Waals surface area contributed by atoms with E-state index in [2.05, 4.69) is 32.3 Å². The van der Waals surface area contributed by atoms with Gasteiger partial charge < -0.3 is 5.32 Å². The smallest absolute Gasteiger partial charge is 0.106 e. The Morgan fingerprint density at radius 2 is 2.06 bits per heavy atom. The van der Waals surface area contributed by atoms with Crippen molar-refractivity contribution in [3.05, 3.63) is 28.5 Å². The van der Waals surface area contributed by atoms with Crippen LogP contribution in [0, 0.1) is 5.92 Å². The fourth-order valence-corrected chi connectivity index (χ4v) is 2.72.